The molecule has 1 N–H and O–H groups in total. The SMILES string of the molecule is C=CCN(Cn1nnc2ccccc21)C(=O)C1N([C@@H](CO)C(C)C)C(=O)[C@@H]2[C@H](C(=O)N(CC=C)Cc3ccccc3)[C@@H]3CCC12S3. The smallest absolute Gasteiger partial charge is 0.248 e. The fraction of sp³-hybridized carbons (Fsp3) is 0.457. The highest BCUT2D eigenvalue weighted by Gasteiger charge is 2.74. The molecule has 0 saturated carbocycles. The highest BCUT2D eigenvalue weighted by molar-refractivity contribution is 8.02. The lowest BCUT2D eigenvalue weighted by Gasteiger charge is -2.40. The fourth-order valence-electron chi connectivity index (χ4n) is 7.76. The van der Waals surface area contributed by atoms with E-state index in [0.717, 1.165) is 23.0 Å². The number of nitrogens with zero attached hydrogens (tertiary/aromatic N) is 6. The topological polar surface area (TPSA) is 112 Å². The minimum Gasteiger partial charge on any atom is -0.394 e. The van der Waals surface area contributed by atoms with E-state index in [-0.39, 0.29) is 48.7 Å². The molecule has 2 bridgehead atoms. The zero-order chi connectivity index (χ0) is 32.6. The van der Waals surface area contributed by atoms with E-state index in [1.165, 1.54) is 0 Å². The highest BCUT2D eigenvalue weighted by atomic mass is 32.2. The summed E-state index contributed by atoms with van der Waals surface area (Å²) in [5.41, 5.74) is 2.50. The van der Waals surface area contributed by atoms with Crippen molar-refractivity contribution in [1.29, 1.82) is 0 Å². The summed E-state index contributed by atoms with van der Waals surface area (Å²) in [7, 11) is 0. The van der Waals surface area contributed by atoms with Crippen molar-refractivity contribution in [2.24, 2.45) is 17.8 Å². The molecule has 10 nitrogen and oxygen atoms in total. The Morgan fingerprint density at radius 3 is 2.46 bits per heavy atom. The second-order valence-corrected chi connectivity index (χ2v) is 14.5. The van der Waals surface area contributed by atoms with E-state index in [2.05, 4.69) is 23.5 Å². The van der Waals surface area contributed by atoms with Crippen molar-refractivity contribution in [2.75, 3.05) is 19.7 Å². The van der Waals surface area contributed by atoms with Crippen LogP contribution in [0.2, 0.25) is 0 Å². The first kappa shape index (κ1) is 32.0. The summed E-state index contributed by atoms with van der Waals surface area (Å²) in [5, 5.41) is 19.1. The Bertz CT molecular complexity index is 1630. The van der Waals surface area contributed by atoms with Crippen LogP contribution >= 0.6 is 11.8 Å². The van der Waals surface area contributed by atoms with Gasteiger partial charge in [-0.25, -0.2) is 4.68 Å². The average molecular weight is 643 g/mol. The van der Waals surface area contributed by atoms with Gasteiger partial charge in [0.15, 0.2) is 0 Å². The Hall–Kier alpha value is -3.96. The molecule has 6 atom stereocenters. The van der Waals surface area contributed by atoms with Crippen LogP contribution in [-0.4, -0.2) is 94.3 Å². The van der Waals surface area contributed by atoms with Crippen LogP contribution in [0.25, 0.3) is 11.0 Å². The summed E-state index contributed by atoms with van der Waals surface area (Å²) < 4.78 is 0.888. The van der Waals surface area contributed by atoms with Crippen LogP contribution in [0, 0.1) is 17.8 Å². The van der Waals surface area contributed by atoms with E-state index in [1.54, 1.807) is 43.3 Å². The normalized spacial score (nSPS) is 25.6. The summed E-state index contributed by atoms with van der Waals surface area (Å²) in [6.45, 7) is 12.5. The molecule has 3 aromatic rings. The zero-order valence-corrected chi connectivity index (χ0v) is 27.3. The summed E-state index contributed by atoms with van der Waals surface area (Å²) >= 11 is 1.63. The van der Waals surface area contributed by atoms with Crippen molar-refractivity contribution in [2.45, 2.75) is 62.0 Å². The predicted octanol–water partition coefficient (Wildman–Crippen LogP) is 3.73. The molecule has 46 heavy (non-hydrogen) atoms. The molecule has 3 saturated heterocycles. The lowest BCUT2D eigenvalue weighted by Crippen LogP contribution is -2.58. The second-order valence-electron chi connectivity index (χ2n) is 12.9. The monoisotopic (exact) mass is 642 g/mol. The number of benzene rings is 2. The molecule has 1 spiro atoms. The molecule has 3 fully saturated rings. The molecule has 2 unspecified atom stereocenters. The number of carbonyl (C=O) groups excluding carboxylic acids is 3. The molecular formula is C35H42N6O4S. The van der Waals surface area contributed by atoms with Crippen molar-refractivity contribution in [3.63, 3.8) is 0 Å². The van der Waals surface area contributed by atoms with Gasteiger partial charge in [-0.05, 0) is 36.5 Å². The van der Waals surface area contributed by atoms with Gasteiger partial charge in [-0.1, -0.05) is 73.7 Å². The number of rotatable bonds is 13. The molecule has 11 heteroatoms. The number of amides is 3. The minimum absolute atomic E-state index is 0.0827. The molecule has 1 aromatic heterocycles. The van der Waals surface area contributed by atoms with Crippen LogP contribution in [-0.2, 0) is 27.6 Å². The van der Waals surface area contributed by atoms with Gasteiger partial charge in [-0.3, -0.25) is 14.4 Å². The molecule has 3 aliphatic rings. The van der Waals surface area contributed by atoms with Gasteiger partial charge >= 0.3 is 0 Å². The Kier molecular flexibility index (Phi) is 9.07. The van der Waals surface area contributed by atoms with Gasteiger partial charge in [0, 0.05) is 24.9 Å². The third-order valence-electron chi connectivity index (χ3n) is 9.83. The summed E-state index contributed by atoms with van der Waals surface area (Å²) in [6, 6.07) is 15.9. The summed E-state index contributed by atoms with van der Waals surface area (Å²) in [6.07, 6.45) is 4.76. The fourth-order valence-corrected chi connectivity index (χ4v) is 9.95. The van der Waals surface area contributed by atoms with Crippen LogP contribution in [0.4, 0.5) is 0 Å². The Morgan fingerprint density at radius 1 is 1.07 bits per heavy atom. The molecule has 3 amide bonds. The number of likely N-dealkylation sites (tertiary alicyclic amines) is 1. The zero-order valence-electron chi connectivity index (χ0n) is 26.4. The Balaban J connectivity index is 1.38. The van der Waals surface area contributed by atoms with Crippen molar-refractivity contribution in [3.05, 3.63) is 85.5 Å². The van der Waals surface area contributed by atoms with Crippen LogP contribution in [0.15, 0.2) is 79.9 Å². The number of thioether (sulfide) groups is 1. The van der Waals surface area contributed by atoms with Crippen molar-refractivity contribution >= 4 is 40.5 Å². The van der Waals surface area contributed by atoms with Gasteiger partial charge < -0.3 is 19.8 Å². The first-order chi connectivity index (χ1) is 22.2. The molecule has 0 aliphatic carbocycles. The standard InChI is InChI=1S/C35H42N6O4S/c1-5-18-38(20-24-12-8-7-9-13-24)32(43)29-28-16-17-35(46-28)30(29)33(44)41(27(21-42)23(3)4)31(35)34(45)39(19-6-2)22-40-26-15-11-10-14-25(26)36-37-40/h5-15,23,27-31,42H,1-2,16-22H2,3-4H3/t27-,28-,29+,30-,31?,35?/m0/s1. The third-order valence-corrected chi connectivity index (χ3v) is 11.8. The summed E-state index contributed by atoms with van der Waals surface area (Å²) in [4.78, 5) is 49.1. The van der Waals surface area contributed by atoms with Crippen LogP contribution in [0.1, 0.15) is 32.3 Å². The molecule has 4 heterocycles. The Labute approximate surface area is 274 Å². The quantitative estimate of drug-likeness (QED) is 0.283. The lowest BCUT2D eigenvalue weighted by molar-refractivity contribution is -0.148. The van der Waals surface area contributed by atoms with E-state index in [0.29, 0.717) is 19.5 Å². The van der Waals surface area contributed by atoms with E-state index in [1.807, 2.05) is 68.4 Å². The second kappa shape index (κ2) is 13.0. The largest absolute Gasteiger partial charge is 0.394 e. The van der Waals surface area contributed by atoms with Crippen LogP contribution < -0.4 is 0 Å². The predicted molar refractivity (Wildman–Crippen MR) is 178 cm³/mol. The van der Waals surface area contributed by atoms with Gasteiger partial charge in [0.05, 0.1) is 34.7 Å². The molecular weight excluding hydrogens is 600 g/mol. The number of para-hydroxylation sites is 1. The number of aliphatic hydroxyl groups is 1. The van der Waals surface area contributed by atoms with Gasteiger partial charge in [0.25, 0.3) is 0 Å². The number of aromatic nitrogens is 3. The average Bonchev–Trinajstić information content (AvgIpc) is 3.81. The van der Waals surface area contributed by atoms with E-state index in [9.17, 15) is 19.5 Å². The number of carbonyl (C=O) groups is 3. The van der Waals surface area contributed by atoms with Crippen molar-refractivity contribution in [3.8, 4) is 0 Å². The first-order valence-electron chi connectivity index (χ1n) is 16.0. The van der Waals surface area contributed by atoms with E-state index in [4.69, 9.17) is 0 Å². The number of hydrogen-bond acceptors (Lipinski definition) is 7. The molecule has 242 valence electrons. The van der Waals surface area contributed by atoms with Gasteiger partial charge in [-0.15, -0.1) is 30.0 Å². The highest BCUT2D eigenvalue weighted by Crippen LogP contribution is 2.67. The molecule has 0 radical (unpaired) electrons. The maximum absolute atomic E-state index is 14.9. The maximum atomic E-state index is 14.9. The third kappa shape index (κ3) is 5.33. The molecule has 6 rings (SSSR count). The van der Waals surface area contributed by atoms with Crippen LogP contribution in [0.5, 0.6) is 0 Å². The minimum atomic E-state index is -0.853. The number of fused-ring (bicyclic) bond motifs is 2. The lowest BCUT2D eigenvalue weighted by atomic mass is 9.70. The molecule has 3 aliphatic heterocycles. The van der Waals surface area contributed by atoms with Crippen molar-refractivity contribution in [1.82, 2.24) is 29.7 Å². The molecule has 2 aromatic carbocycles. The van der Waals surface area contributed by atoms with E-state index >= 15 is 0 Å². The van der Waals surface area contributed by atoms with E-state index < -0.39 is 28.7 Å². The van der Waals surface area contributed by atoms with Gasteiger partial charge in [-0.2, -0.15) is 0 Å². The van der Waals surface area contributed by atoms with Gasteiger partial charge in [0.2, 0.25) is 17.7 Å². The van der Waals surface area contributed by atoms with Gasteiger partial charge in [0.1, 0.15) is 18.2 Å². The van der Waals surface area contributed by atoms with Crippen molar-refractivity contribution < 1.29 is 19.5 Å². The number of aliphatic hydroxyl groups excluding tert-OH is 1. The first-order valence-corrected chi connectivity index (χ1v) is 16.9. The summed E-state index contributed by atoms with van der Waals surface area (Å²) in [5.74, 6) is -1.90. The van der Waals surface area contributed by atoms with Crippen LogP contribution in [0.3, 0.4) is 0 Å². The number of hydrogen-bond donors (Lipinski definition) is 1. The maximum Gasteiger partial charge on any atom is 0.248 e. The Morgan fingerprint density at radius 2 is 1.76 bits per heavy atom.